The molecule has 3 heterocycles. The van der Waals surface area contributed by atoms with Crippen LogP contribution in [0.5, 0.6) is 11.5 Å². The van der Waals surface area contributed by atoms with Gasteiger partial charge in [-0.2, -0.15) is 13.2 Å². The topological polar surface area (TPSA) is 97.4 Å². The number of hydrogen-bond acceptors (Lipinski definition) is 7. The Morgan fingerprint density at radius 1 is 1.07 bits per heavy atom. The summed E-state index contributed by atoms with van der Waals surface area (Å²) in [5.74, 6) is -1.20. The number of ether oxygens (including phenoxy) is 1. The highest BCUT2D eigenvalue weighted by Gasteiger charge is 2.38. The summed E-state index contributed by atoms with van der Waals surface area (Å²) < 4.78 is 42.8. The van der Waals surface area contributed by atoms with Gasteiger partial charge in [0, 0.05) is 50.1 Å². The molecule has 0 saturated carbocycles. The Morgan fingerprint density at radius 3 is 2.45 bits per heavy atom. The van der Waals surface area contributed by atoms with E-state index in [1.807, 2.05) is 70.2 Å². The Kier molecular flexibility index (Phi) is 9.50. The molecule has 40 heavy (non-hydrogen) atoms. The van der Waals surface area contributed by atoms with E-state index in [0.29, 0.717) is 18.1 Å². The first-order chi connectivity index (χ1) is 19.1. The summed E-state index contributed by atoms with van der Waals surface area (Å²) in [5, 5.41) is 10.9. The third kappa shape index (κ3) is 8.10. The fourth-order valence-corrected chi connectivity index (χ4v) is 4.66. The summed E-state index contributed by atoms with van der Waals surface area (Å²) in [5.41, 5.74) is 2.94. The van der Waals surface area contributed by atoms with Gasteiger partial charge < -0.3 is 24.8 Å². The number of urea groups is 1. The van der Waals surface area contributed by atoms with Gasteiger partial charge in [-0.3, -0.25) is 9.21 Å². The molecule has 3 aliphatic rings. The summed E-state index contributed by atoms with van der Waals surface area (Å²) in [4.78, 5) is 25.9. The zero-order valence-corrected chi connectivity index (χ0v) is 22.5. The first kappa shape index (κ1) is 29.2. The van der Waals surface area contributed by atoms with Gasteiger partial charge in [0.1, 0.15) is 11.5 Å². The molecule has 0 aromatic heterocycles. The molecule has 0 bridgehead atoms. The number of carbonyl (C=O) groups excluding carboxylic acids is 1. The molecule has 212 valence electrons. The summed E-state index contributed by atoms with van der Waals surface area (Å²) in [6.45, 7) is 3.83. The van der Waals surface area contributed by atoms with Gasteiger partial charge in [0.05, 0.1) is 23.5 Å². The van der Waals surface area contributed by atoms with Gasteiger partial charge in [0.15, 0.2) is 0 Å². The Bertz CT molecular complexity index is 1310. The van der Waals surface area contributed by atoms with E-state index in [2.05, 4.69) is 27.1 Å². The average Bonchev–Trinajstić information content (AvgIpc) is 3.41. The molecule has 3 N–H and O–H groups in total. The molecule has 2 amide bonds. The third-order valence-electron chi connectivity index (χ3n) is 5.84. The minimum absolute atomic E-state index is 0.0627. The molecule has 14 heteroatoms. The van der Waals surface area contributed by atoms with E-state index in [9.17, 15) is 18.0 Å². The van der Waals surface area contributed by atoms with Crippen LogP contribution >= 0.6 is 23.7 Å². The molecule has 0 spiro atoms. The summed E-state index contributed by atoms with van der Waals surface area (Å²) in [7, 11) is 0. The Morgan fingerprint density at radius 2 is 1.77 bits per heavy atom. The number of halogens is 4. The van der Waals surface area contributed by atoms with Crippen molar-refractivity contribution in [2.45, 2.75) is 12.7 Å². The van der Waals surface area contributed by atoms with Crippen LogP contribution < -0.4 is 14.8 Å². The Balaban J connectivity index is 0.000000470. The number of carboxylic acids is 1. The number of aliphatic carboxylic acids is 1. The normalized spacial score (nSPS) is 16.6. The standard InChI is InChI=1S/C24H24ClN5O2S.C2HF3O2/c25-19-6-8-20(9-7-19)32-21-4-1-3-18(15-21)17-28-11-13-29(14-12-28)24(31)27-22-5-2-10-30-23(22)16-26-33-30;3-2(4,5)1(6)7/h1-10,15-16,26H,11-14,17H2,(H,27,31);(H,6,7). The predicted octanol–water partition coefficient (Wildman–Crippen LogP) is 5.31. The first-order valence-electron chi connectivity index (χ1n) is 12.0. The van der Waals surface area contributed by atoms with E-state index < -0.39 is 12.1 Å². The van der Waals surface area contributed by atoms with Crippen LogP contribution in [0.1, 0.15) is 5.56 Å². The van der Waals surface area contributed by atoms with Crippen molar-refractivity contribution in [1.82, 2.24) is 24.1 Å². The molecule has 1 fully saturated rings. The number of hydrogen-bond donors (Lipinski definition) is 3. The maximum Gasteiger partial charge on any atom is 0.490 e. The first-order valence-corrected chi connectivity index (χ1v) is 13.1. The fraction of sp³-hybridized carbons (Fsp3) is 0.231. The van der Waals surface area contributed by atoms with E-state index in [1.165, 1.54) is 17.7 Å². The molecular formula is C26H25ClF3N5O4S. The molecule has 5 rings (SSSR count). The second-order valence-corrected chi connectivity index (χ2v) is 9.93. The van der Waals surface area contributed by atoms with E-state index in [4.69, 9.17) is 26.2 Å². The number of fused-ring (bicyclic) bond motifs is 1. The highest BCUT2D eigenvalue weighted by molar-refractivity contribution is 7.95. The van der Waals surface area contributed by atoms with Crippen molar-refractivity contribution in [2.24, 2.45) is 0 Å². The lowest BCUT2D eigenvalue weighted by Crippen LogP contribution is -2.51. The zero-order chi connectivity index (χ0) is 28.7. The Hall–Kier alpha value is -3.81. The van der Waals surface area contributed by atoms with Crippen LogP contribution in [0, 0.1) is 0 Å². The minimum Gasteiger partial charge on any atom is -0.475 e. The van der Waals surface area contributed by atoms with E-state index >= 15 is 0 Å². The average molecular weight is 596 g/mol. The van der Waals surface area contributed by atoms with Crippen molar-refractivity contribution in [1.29, 1.82) is 0 Å². The van der Waals surface area contributed by atoms with Crippen molar-refractivity contribution in [3.8, 4) is 11.5 Å². The molecule has 0 radical (unpaired) electrons. The molecule has 2 aromatic rings. The van der Waals surface area contributed by atoms with Crippen LogP contribution in [0.3, 0.4) is 0 Å². The van der Waals surface area contributed by atoms with Crippen molar-refractivity contribution >= 4 is 35.7 Å². The number of allylic oxidation sites excluding steroid dienone is 2. The number of carbonyl (C=O) groups is 2. The van der Waals surface area contributed by atoms with Crippen LogP contribution in [-0.2, 0) is 11.3 Å². The highest BCUT2D eigenvalue weighted by atomic mass is 35.5. The predicted molar refractivity (Wildman–Crippen MR) is 145 cm³/mol. The number of nitrogens with zero attached hydrogens (tertiary/aromatic N) is 3. The SMILES string of the molecule is O=C(NC1=CC=CN2SNC=C12)N1CCN(Cc2cccc(Oc3ccc(Cl)cc3)c2)CC1.O=C(O)C(F)(F)F. The highest BCUT2D eigenvalue weighted by Crippen LogP contribution is 2.29. The van der Waals surface area contributed by atoms with E-state index in [0.717, 1.165) is 42.5 Å². The number of piperazine rings is 1. The summed E-state index contributed by atoms with van der Waals surface area (Å²) in [6.07, 6.45) is 2.61. The molecule has 0 atom stereocenters. The van der Waals surface area contributed by atoms with Crippen LogP contribution in [0.15, 0.2) is 84.5 Å². The monoisotopic (exact) mass is 595 g/mol. The van der Waals surface area contributed by atoms with Crippen molar-refractivity contribution in [2.75, 3.05) is 26.2 Å². The molecule has 0 unspecified atom stereocenters. The van der Waals surface area contributed by atoms with Gasteiger partial charge in [-0.1, -0.05) is 23.7 Å². The lowest BCUT2D eigenvalue weighted by molar-refractivity contribution is -0.192. The number of benzene rings is 2. The lowest BCUT2D eigenvalue weighted by atomic mass is 10.2. The van der Waals surface area contributed by atoms with Crippen LogP contribution in [0.4, 0.5) is 18.0 Å². The second kappa shape index (κ2) is 13.0. The quantitative estimate of drug-likeness (QED) is 0.400. The second-order valence-electron chi connectivity index (χ2n) is 8.69. The molecular weight excluding hydrogens is 571 g/mol. The summed E-state index contributed by atoms with van der Waals surface area (Å²) in [6, 6.07) is 15.4. The maximum atomic E-state index is 12.8. The summed E-state index contributed by atoms with van der Waals surface area (Å²) >= 11 is 7.42. The van der Waals surface area contributed by atoms with Crippen LogP contribution in [0.25, 0.3) is 0 Å². The van der Waals surface area contributed by atoms with E-state index in [1.54, 1.807) is 0 Å². The molecule has 3 aliphatic heterocycles. The van der Waals surface area contributed by atoms with Crippen molar-refractivity contribution in [3.63, 3.8) is 0 Å². The smallest absolute Gasteiger partial charge is 0.475 e. The molecule has 0 aliphatic carbocycles. The third-order valence-corrected chi connectivity index (χ3v) is 6.83. The van der Waals surface area contributed by atoms with E-state index in [-0.39, 0.29) is 6.03 Å². The Labute approximate surface area is 237 Å². The van der Waals surface area contributed by atoms with Gasteiger partial charge >= 0.3 is 18.2 Å². The van der Waals surface area contributed by atoms with Gasteiger partial charge in [0.25, 0.3) is 0 Å². The van der Waals surface area contributed by atoms with Gasteiger partial charge in [-0.15, -0.1) is 0 Å². The molecule has 2 aromatic carbocycles. The van der Waals surface area contributed by atoms with Crippen LogP contribution in [0.2, 0.25) is 5.02 Å². The van der Waals surface area contributed by atoms with Crippen LogP contribution in [-0.4, -0.2) is 63.6 Å². The van der Waals surface area contributed by atoms with Gasteiger partial charge in [-0.05, 0) is 54.1 Å². The zero-order valence-electron chi connectivity index (χ0n) is 20.9. The molecule has 1 saturated heterocycles. The number of amides is 2. The van der Waals surface area contributed by atoms with Gasteiger partial charge in [-0.25, -0.2) is 9.59 Å². The fourth-order valence-electron chi connectivity index (χ4n) is 3.88. The number of rotatable bonds is 5. The minimum atomic E-state index is -5.08. The molecule has 9 nitrogen and oxygen atoms in total. The lowest BCUT2D eigenvalue weighted by Gasteiger charge is -2.35. The number of alkyl halides is 3. The number of carboxylic acid groups (broad SMARTS) is 1. The number of nitrogens with one attached hydrogen (secondary N) is 2. The van der Waals surface area contributed by atoms with Crippen molar-refractivity contribution < 1.29 is 32.6 Å². The maximum absolute atomic E-state index is 12.8. The van der Waals surface area contributed by atoms with Crippen molar-refractivity contribution in [3.05, 3.63) is 95.1 Å². The largest absolute Gasteiger partial charge is 0.490 e. The van der Waals surface area contributed by atoms with Gasteiger partial charge in [0.2, 0.25) is 0 Å².